The van der Waals surface area contributed by atoms with Crippen LogP contribution < -0.4 is 9.64 Å². The minimum Gasteiger partial charge on any atom is -0.484 e. The van der Waals surface area contributed by atoms with Gasteiger partial charge >= 0.3 is 0 Å². The second-order valence-electron chi connectivity index (χ2n) is 7.36. The fraction of sp³-hybridized carbons (Fsp3) is 0.348. The second-order valence-corrected chi connectivity index (χ2v) is 7.80. The van der Waals surface area contributed by atoms with E-state index < -0.39 is 0 Å². The molecule has 7 heteroatoms. The lowest BCUT2D eigenvalue weighted by Crippen LogP contribution is -2.34. The van der Waals surface area contributed by atoms with Crippen molar-refractivity contribution in [2.75, 3.05) is 24.6 Å². The lowest BCUT2D eigenvalue weighted by molar-refractivity contribution is -0.135. The Morgan fingerprint density at radius 3 is 2.63 bits per heavy atom. The molecule has 0 aliphatic carbocycles. The summed E-state index contributed by atoms with van der Waals surface area (Å²) >= 11 is 5.99. The van der Waals surface area contributed by atoms with Crippen LogP contribution in [0.2, 0.25) is 5.02 Å². The third kappa shape index (κ3) is 5.39. The molecule has 1 aromatic carbocycles. The lowest BCUT2D eigenvalue weighted by Gasteiger charge is -2.26. The molecule has 0 radical (unpaired) electrons. The fourth-order valence-electron chi connectivity index (χ4n) is 3.54. The van der Waals surface area contributed by atoms with Gasteiger partial charge in [0.05, 0.1) is 19.4 Å². The number of furan rings is 2. The van der Waals surface area contributed by atoms with E-state index in [1.807, 2.05) is 24.3 Å². The summed E-state index contributed by atoms with van der Waals surface area (Å²) in [5, 5.41) is 0.563. The van der Waals surface area contributed by atoms with Crippen LogP contribution in [0.15, 0.2) is 63.6 Å². The van der Waals surface area contributed by atoms with Gasteiger partial charge in [-0.15, -0.1) is 0 Å². The summed E-state index contributed by atoms with van der Waals surface area (Å²) in [4.78, 5) is 16.8. The van der Waals surface area contributed by atoms with Crippen LogP contribution in [-0.2, 0) is 17.9 Å². The van der Waals surface area contributed by atoms with Crippen LogP contribution in [-0.4, -0.2) is 30.5 Å². The highest BCUT2D eigenvalue weighted by molar-refractivity contribution is 6.30. The zero-order chi connectivity index (χ0) is 20.8. The molecule has 3 heterocycles. The summed E-state index contributed by atoms with van der Waals surface area (Å²) in [7, 11) is 0. The van der Waals surface area contributed by atoms with Gasteiger partial charge in [-0.1, -0.05) is 17.7 Å². The number of rotatable bonds is 8. The number of amides is 1. The SMILES string of the molecule is O=C(COc1cccc(Cl)c1)N(Cc1ccco1)Cc1ccc(N2CCCCC2)o1. The van der Waals surface area contributed by atoms with E-state index in [0.717, 1.165) is 24.7 Å². The molecule has 3 aromatic rings. The van der Waals surface area contributed by atoms with Crippen molar-refractivity contribution in [3.8, 4) is 5.75 Å². The standard InChI is InChI=1S/C23H25ClN2O4/c24-18-6-4-7-19(14-18)29-17-22(27)26(15-20-8-5-13-28-20)16-21-9-10-23(30-21)25-11-2-1-3-12-25/h4-10,13-14H,1-3,11-12,15-17H2. The number of ether oxygens (including phenoxy) is 1. The van der Waals surface area contributed by atoms with E-state index in [-0.39, 0.29) is 12.5 Å². The summed E-state index contributed by atoms with van der Waals surface area (Å²) < 4.78 is 17.1. The van der Waals surface area contributed by atoms with Gasteiger partial charge in [0.2, 0.25) is 0 Å². The van der Waals surface area contributed by atoms with Gasteiger partial charge in [0.25, 0.3) is 5.91 Å². The number of halogens is 1. The quantitative estimate of drug-likeness (QED) is 0.498. The summed E-state index contributed by atoms with van der Waals surface area (Å²) in [6, 6.07) is 14.6. The zero-order valence-electron chi connectivity index (χ0n) is 16.8. The molecule has 0 N–H and O–H groups in total. The van der Waals surface area contributed by atoms with Gasteiger partial charge in [0, 0.05) is 24.2 Å². The Kier molecular flexibility index (Phi) is 6.64. The Labute approximate surface area is 181 Å². The van der Waals surface area contributed by atoms with Crippen molar-refractivity contribution in [2.24, 2.45) is 0 Å². The number of anilines is 1. The van der Waals surface area contributed by atoms with Crippen LogP contribution in [0.5, 0.6) is 5.75 Å². The number of benzene rings is 1. The van der Waals surface area contributed by atoms with Crippen molar-refractivity contribution >= 4 is 23.4 Å². The number of hydrogen-bond acceptors (Lipinski definition) is 5. The van der Waals surface area contributed by atoms with Crippen molar-refractivity contribution in [3.05, 3.63) is 71.3 Å². The molecule has 6 nitrogen and oxygen atoms in total. The van der Waals surface area contributed by atoms with Crippen molar-refractivity contribution in [1.29, 1.82) is 0 Å². The highest BCUT2D eigenvalue weighted by atomic mass is 35.5. The first-order chi connectivity index (χ1) is 14.7. The number of carbonyl (C=O) groups is 1. The topological polar surface area (TPSA) is 59.1 Å². The Morgan fingerprint density at radius 1 is 1.03 bits per heavy atom. The molecule has 0 unspecified atom stereocenters. The smallest absolute Gasteiger partial charge is 0.261 e. The highest BCUT2D eigenvalue weighted by Gasteiger charge is 2.20. The summed E-state index contributed by atoms with van der Waals surface area (Å²) in [6.45, 7) is 2.60. The van der Waals surface area contributed by atoms with Gasteiger partial charge in [0.15, 0.2) is 12.5 Å². The van der Waals surface area contributed by atoms with Crippen LogP contribution in [0.4, 0.5) is 5.88 Å². The van der Waals surface area contributed by atoms with Gasteiger partial charge in [-0.25, -0.2) is 0 Å². The Morgan fingerprint density at radius 2 is 1.87 bits per heavy atom. The van der Waals surface area contributed by atoms with Crippen LogP contribution in [0.1, 0.15) is 30.8 Å². The zero-order valence-corrected chi connectivity index (χ0v) is 17.5. The van der Waals surface area contributed by atoms with Gasteiger partial charge in [-0.05, 0) is 55.7 Å². The normalized spacial score (nSPS) is 14.0. The van der Waals surface area contributed by atoms with Crippen LogP contribution in [0, 0.1) is 0 Å². The maximum absolute atomic E-state index is 12.9. The van der Waals surface area contributed by atoms with E-state index in [0.29, 0.717) is 29.6 Å². The van der Waals surface area contributed by atoms with Gasteiger partial charge < -0.3 is 23.4 Å². The molecule has 2 aromatic heterocycles. The highest BCUT2D eigenvalue weighted by Crippen LogP contribution is 2.24. The van der Waals surface area contributed by atoms with E-state index in [2.05, 4.69) is 4.90 Å². The van der Waals surface area contributed by atoms with E-state index >= 15 is 0 Å². The largest absolute Gasteiger partial charge is 0.484 e. The predicted octanol–water partition coefficient (Wildman–Crippen LogP) is 5.12. The molecule has 1 amide bonds. The first-order valence-corrected chi connectivity index (χ1v) is 10.6. The van der Waals surface area contributed by atoms with Crippen molar-refractivity contribution in [2.45, 2.75) is 32.4 Å². The molecule has 1 aliphatic rings. The van der Waals surface area contributed by atoms with E-state index in [9.17, 15) is 4.79 Å². The van der Waals surface area contributed by atoms with E-state index in [1.54, 1.807) is 35.4 Å². The average molecular weight is 429 g/mol. The monoisotopic (exact) mass is 428 g/mol. The Bertz CT molecular complexity index is 948. The molecule has 1 aliphatic heterocycles. The van der Waals surface area contributed by atoms with Crippen molar-refractivity contribution in [3.63, 3.8) is 0 Å². The predicted molar refractivity (Wildman–Crippen MR) is 115 cm³/mol. The van der Waals surface area contributed by atoms with E-state index in [1.165, 1.54) is 19.3 Å². The molecular weight excluding hydrogens is 404 g/mol. The first-order valence-electron chi connectivity index (χ1n) is 10.2. The van der Waals surface area contributed by atoms with Crippen molar-refractivity contribution in [1.82, 2.24) is 4.90 Å². The summed E-state index contributed by atoms with van der Waals surface area (Å²) in [6.07, 6.45) is 5.23. The minimum absolute atomic E-state index is 0.0965. The summed E-state index contributed by atoms with van der Waals surface area (Å²) in [5.74, 6) is 2.69. The van der Waals surface area contributed by atoms with Crippen LogP contribution >= 0.6 is 11.6 Å². The Hall–Kier alpha value is -2.86. The molecule has 0 bridgehead atoms. The number of hydrogen-bond donors (Lipinski definition) is 0. The first kappa shape index (κ1) is 20.4. The lowest BCUT2D eigenvalue weighted by atomic mass is 10.1. The third-order valence-electron chi connectivity index (χ3n) is 5.10. The van der Waals surface area contributed by atoms with Crippen molar-refractivity contribution < 1.29 is 18.4 Å². The second kappa shape index (κ2) is 9.76. The molecule has 1 saturated heterocycles. The maximum atomic E-state index is 12.9. The molecule has 0 saturated carbocycles. The van der Waals surface area contributed by atoms with Crippen LogP contribution in [0.3, 0.4) is 0 Å². The van der Waals surface area contributed by atoms with Gasteiger partial charge in [0.1, 0.15) is 17.3 Å². The molecule has 1 fully saturated rings. The Balaban J connectivity index is 1.42. The molecule has 4 rings (SSSR count). The number of carbonyl (C=O) groups excluding carboxylic acids is 1. The third-order valence-corrected chi connectivity index (χ3v) is 5.33. The minimum atomic E-state index is -0.165. The maximum Gasteiger partial charge on any atom is 0.261 e. The van der Waals surface area contributed by atoms with E-state index in [4.69, 9.17) is 25.2 Å². The van der Waals surface area contributed by atoms with Gasteiger partial charge in [-0.2, -0.15) is 0 Å². The van der Waals surface area contributed by atoms with Gasteiger partial charge in [-0.3, -0.25) is 4.79 Å². The number of piperidine rings is 1. The molecule has 0 spiro atoms. The molecule has 158 valence electrons. The molecular formula is C23H25ClN2O4. The number of nitrogens with zero attached hydrogens (tertiary/aromatic N) is 2. The summed E-state index contributed by atoms with van der Waals surface area (Å²) in [5.41, 5.74) is 0. The van der Waals surface area contributed by atoms with Crippen LogP contribution in [0.25, 0.3) is 0 Å². The molecule has 0 atom stereocenters. The molecule has 30 heavy (non-hydrogen) atoms. The fourth-order valence-corrected chi connectivity index (χ4v) is 3.72. The average Bonchev–Trinajstić information content (AvgIpc) is 3.44.